The maximum Gasteiger partial charge on any atom is 0.0761 e. The number of rotatable bonds is 2. The Kier molecular flexibility index (Phi) is 3.19. The van der Waals surface area contributed by atoms with E-state index < -0.39 is 0 Å². The second-order valence-corrected chi connectivity index (χ2v) is 4.15. The fourth-order valence-electron chi connectivity index (χ4n) is 2.12. The summed E-state index contributed by atoms with van der Waals surface area (Å²) in [5.41, 5.74) is 1.23. The van der Waals surface area contributed by atoms with Gasteiger partial charge in [-0.1, -0.05) is 30.3 Å². The third-order valence-corrected chi connectivity index (χ3v) is 2.98. The summed E-state index contributed by atoms with van der Waals surface area (Å²) in [6.07, 6.45) is 0. The number of benzene rings is 1. The molecule has 0 bridgehead atoms. The van der Waals surface area contributed by atoms with Gasteiger partial charge in [0.05, 0.1) is 24.0 Å². The highest BCUT2D eigenvalue weighted by atomic mass is 15.1. The van der Waals surface area contributed by atoms with Crippen molar-refractivity contribution in [1.29, 1.82) is 10.5 Å². The molecule has 0 aliphatic carbocycles. The summed E-state index contributed by atoms with van der Waals surface area (Å²) in [5, 5.41) is 17.8. The maximum absolute atomic E-state index is 8.92. The van der Waals surface area contributed by atoms with Crippen LogP contribution in [0.15, 0.2) is 30.3 Å². The molecule has 3 nitrogen and oxygen atoms in total. The zero-order chi connectivity index (χ0) is 11.4. The van der Waals surface area contributed by atoms with Crippen molar-refractivity contribution in [2.75, 3.05) is 13.1 Å². The van der Waals surface area contributed by atoms with E-state index in [1.165, 1.54) is 5.56 Å². The van der Waals surface area contributed by atoms with Crippen molar-refractivity contribution in [3.8, 4) is 12.1 Å². The largest absolute Gasteiger partial charge is 0.296 e. The molecule has 3 heteroatoms. The molecule has 0 spiro atoms. The Balaban J connectivity index is 2.00. The number of nitriles is 2. The van der Waals surface area contributed by atoms with Gasteiger partial charge in [-0.05, 0) is 5.56 Å². The van der Waals surface area contributed by atoms with Crippen LogP contribution in [0.1, 0.15) is 5.56 Å². The summed E-state index contributed by atoms with van der Waals surface area (Å²) in [7, 11) is 0. The van der Waals surface area contributed by atoms with E-state index in [1.54, 1.807) is 0 Å². The number of likely N-dealkylation sites (tertiary alicyclic amines) is 1. The lowest BCUT2D eigenvalue weighted by Gasteiger charge is -2.14. The minimum atomic E-state index is -0.131. The monoisotopic (exact) mass is 211 g/mol. The van der Waals surface area contributed by atoms with Gasteiger partial charge in [-0.25, -0.2) is 0 Å². The molecule has 2 atom stereocenters. The Morgan fingerprint density at radius 3 is 2.12 bits per heavy atom. The van der Waals surface area contributed by atoms with Crippen molar-refractivity contribution in [2.45, 2.75) is 6.54 Å². The van der Waals surface area contributed by atoms with E-state index in [2.05, 4.69) is 29.2 Å². The van der Waals surface area contributed by atoms with Gasteiger partial charge in [-0.15, -0.1) is 0 Å². The molecule has 1 aliphatic heterocycles. The molecule has 1 fully saturated rings. The summed E-state index contributed by atoms with van der Waals surface area (Å²) in [6.45, 7) is 2.25. The Morgan fingerprint density at radius 1 is 1.06 bits per heavy atom. The van der Waals surface area contributed by atoms with Crippen molar-refractivity contribution >= 4 is 0 Å². The van der Waals surface area contributed by atoms with Crippen molar-refractivity contribution in [3.63, 3.8) is 0 Å². The lowest BCUT2D eigenvalue weighted by molar-refractivity contribution is 0.321. The average molecular weight is 211 g/mol. The van der Waals surface area contributed by atoms with Crippen LogP contribution in [0.25, 0.3) is 0 Å². The smallest absolute Gasteiger partial charge is 0.0761 e. The van der Waals surface area contributed by atoms with Crippen LogP contribution in [0.2, 0.25) is 0 Å². The van der Waals surface area contributed by atoms with E-state index in [1.807, 2.05) is 18.2 Å². The maximum atomic E-state index is 8.92. The fourth-order valence-corrected chi connectivity index (χ4v) is 2.12. The topological polar surface area (TPSA) is 50.8 Å². The SMILES string of the molecule is N#C[C@H]1CN(Cc2ccccc2)C[C@@H]1C#N. The molecule has 0 N–H and O–H groups in total. The van der Waals surface area contributed by atoms with Crippen molar-refractivity contribution in [2.24, 2.45) is 11.8 Å². The van der Waals surface area contributed by atoms with E-state index in [0.717, 1.165) is 6.54 Å². The zero-order valence-electron chi connectivity index (χ0n) is 9.00. The van der Waals surface area contributed by atoms with Gasteiger partial charge in [-0.3, -0.25) is 4.90 Å². The Morgan fingerprint density at radius 2 is 1.62 bits per heavy atom. The molecule has 1 aromatic carbocycles. The van der Waals surface area contributed by atoms with Gasteiger partial charge in [0.25, 0.3) is 0 Å². The predicted molar refractivity (Wildman–Crippen MR) is 59.9 cm³/mol. The van der Waals surface area contributed by atoms with E-state index >= 15 is 0 Å². The molecular formula is C13H13N3. The Hall–Kier alpha value is -1.84. The van der Waals surface area contributed by atoms with Gasteiger partial charge >= 0.3 is 0 Å². The lowest BCUT2D eigenvalue weighted by Crippen LogP contribution is -2.20. The molecule has 0 amide bonds. The second kappa shape index (κ2) is 4.79. The third-order valence-electron chi connectivity index (χ3n) is 2.98. The van der Waals surface area contributed by atoms with Crippen molar-refractivity contribution in [1.82, 2.24) is 4.90 Å². The van der Waals surface area contributed by atoms with Crippen LogP contribution in [-0.2, 0) is 6.54 Å². The van der Waals surface area contributed by atoms with Crippen LogP contribution in [0.5, 0.6) is 0 Å². The minimum Gasteiger partial charge on any atom is -0.296 e. The van der Waals surface area contributed by atoms with E-state index in [0.29, 0.717) is 13.1 Å². The summed E-state index contributed by atoms with van der Waals surface area (Å²) in [5.74, 6) is -0.262. The molecule has 0 radical (unpaired) electrons. The highest BCUT2D eigenvalue weighted by Gasteiger charge is 2.32. The van der Waals surface area contributed by atoms with Gasteiger partial charge in [0, 0.05) is 19.6 Å². The fraction of sp³-hybridized carbons (Fsp3) is 0.385. The Labute approximate surface area is 95.5 Å². The first-order valence-electron chi connectivity index (χ1n) is 5.39. The predicted octanol–water partition coefficient (Wildman–Crippen LogP) is 1.78. The molecule has 0 saturated carbocycles. The number of hydrogen-bond donors (Lipinski definition) is 0. The molecule has 1 aliphatic rings. The molecule has 0 aromatic heterocycles. The minimum absolute atomic E-state index is 0.131. The third kappa shape index (κ3) is 2.21. The van der Waals surface area contributed by atoms with Crippen molar-refractivity contribution < 1.29 is 0 Å². The summed E-state index contributed by atoms with van der Waals surface area (Å²) in [6, 6.07) is 14.6. The van der Waals surface area contributed by atoms with E-state index in [9.17, 15) is 0 Å². The van der Waals surface area contributed by atoms with Crippen LogP contribution in [0, 0.1) is 34.5 Å². The summed E-state index contributed by atoms with van der Waals surface area (Å²) in [4.78, 5) is 2.18. The molecule has 1 aromatic rings. The highest BCUT2D eigenvalue weighted by molar-refractivity contribution is 5.15. The van der Waals surface area contributed by atoms with Crippen LogP contribution in [-0.4, -0.2) is 18.0 Å². The van der Waals surface area contributed by atoms with Crippen LogP contribution >= 0.6 is 0 Å². The first-order chi connectivity index (χ1) is 7.83. The number of nitrogens with zero attached hydrogens (tertiary/aromatic N) is 3. The van der Waals surface area contributed by atoms with Crippen LogP contribution in [0.4, 0.5) is 0 Å². The molecule has 16 heavy (non-hydrogen) atoms. The molecule has 2 rings (SSSR count). The van der Waals surface area contributed by atoms with Gasteiger partial charge in [-0.2, -0.15) is 10.5 Å². The van der Waals surface area contributed by atoms with Crippen LogP contribution < -0.4 is 0 Å². The lowest BCUT2D eigenvalue weighted by atomic mass is 10.00. The Bertz CT molecular complexity index is 405. The molecule has 0 unspecified atom stereocenters. The highest BCUT2D eigenvalue weighted by Crippen LogP contribution is 2.23. The van der Waals surface area contributed by atoms with Crippen molar-refractivity contribution in [3.05, 3.63) is 35.9 Å². The van der Waals surface area contributed by atoms with Gasteiger partial charge < -0.3 is 0 Å². The molecule has 1 saturated heterocycles. The quantitative estimate of drug-likeness (QED) is 0.749. The summed E-state index contributed by atoms with van der Waals surface area (Å²) < 4.78 is 0. The first-order valence-corrected chi connectivity index (χ1v) is 5.39. The van der Waals surface area contributed by atoms with Crippen LogP contribution in [0.3, 0.4) is 0 Å². The first kappa shape index (κ1) is 10.7. The van der Waals surface area contributed by atoms with E-state index in [4.69, 9.17) is 10.5 Å². The average Bonchev–Trinajstić information content (AvgIpc) is 2.72. The molecule has 80 valence electrons. The van der Waals surface area contributed by atoms with Gasteiger partial charge in [0.15, 0.2) is 0 Å². The number of hydrogen-bond acceptors (Lipinski definition) is 3. The molecular weight excluding hydrogens is 198 g/mol. The molecule has 1 heterocycles. The standard InChI is InChI=1S/C13H13N3/c14-6-12-9-16(10-13(12)7-15)8-11-4-2-1-3-5-11/h1-5,12-13H,8-10H2/t12-,13-/m0/s1. The summed E-state index contributed by atoms with van der Waals surface area (Å²) >= 11 is 0. The van der Waals surface area contributed by atoms with Gasteiger partial charge in [0.2, 0.25) is 0 Å². The normalized spacial score (nSPS) is 24.9. The second-order valence-electron chi connectivity index (χ2n) is 4.15. The van der Waals surface area contributed by atoms with Gasteiger partial charge in [0.1, 0.15) is 0 Å². The van der Waals surface area contributed by atoms with E-state index in [-0.39, 0.29) is 11.8 Å². The zero-order valence-corrected chi connectivity index (χ0v) is 9.00.